The molecule has 1 heterocycles. The zero-order valence-corrected chi connectivity index (χ0v) is 9.18. The van der Waals surface area contributed by atoms with Gasteiger partial charge in [-0.2, -0.15) is 0 Å². The van der Waals surface area contributed by atoms with Gasteiger partial charge in [0.05, 0.1) is 5.69 Å². The van der Waals surface area contributed by atoms with Crippen molar-refractivity contribution < 1.29 is 0 Å². The van der Waals surface area contributed by atoms with Gasteiger partial charge in [0.15, 0.2) is 0 Å². The lowest BCUT2D eigenvalue weighted by Gasteiger charge is -2.06. The Kier molecular flexibility index (Phi) is 2.77. The van der Waals surface area contributed by atoms with Crippen LogP contribution in [-0.2, 0) is 6.42 Å². The summed E-state index contributed by atoms with van der Waals surface area (Å²) in [5.41, 5.74) is 7.76. The van der Waals surface area contributed by atoms with Crippen LogP contribution in [0, 0.1) is 0 Å². The van der Waals surface area contributed by atoms with E-state index in [0.717, 1.165) is 12.1 Å². The van der Waals surface area contributed by atoms with E-state index in [1.165, 1.54) is 5.56 Å². The molecule has 0 unspecified atom stereocenters. The highest BCUT2D eigenvalue weighted by Crippen LogP contribution is 2.08. The lowest BCUT2D eigenvalue weighted by Crippen LogP contribution is -2.20. The molecule has 2 N–H and O–H groups in total. The largest absolute Gasteiger partial charge is 0.394 e. The van der Waals surface area contributed by atoms with E-state index in [9.17, 15) is 4.79 Å². The van der Waals surface area contributed by atoms with Crippen LogP contribution in [0.15, 0.2) is 47.4 Å². The third-order valence-electron chi connectivity index (χ3n) is 2.60. The molecule has 0 fully saturated rings. The number of nitrogens with zero attached hydrogens (tertiary/aromatic N) is 1. The second-order valence-electron chi connectivity index (χ2n) is 3.66. The Morgan fingerprint density at radius 3 is 2.50 bits per heavy atom. The maximum absolute atomic E-state index is 11.8. The number of hydrogen-bond acceptors (Lipinski definition) is 2. The van der Waals surface area contributed by atoms with Crippen LogP contribution in [0.5, 0.6) is 0 Å². The first kappa shape index (κ1) is 10.5. The minimum Gasteiger partial charge on any atom is -0.394 e. The number of benzene rings is 1. The van der Waals surface area contributed by atoms with Gasteiger partial charge in [0.1, 0.15) is 0 Å². The zero-order chi connectivity index (χ0) is 11.5. The monoisotopic (exact) mass is 214 g/mol. The average molecular weight is 214 g/mol. The van der Waals surface area contributed by atoms with Crippen molar-refractivity contribution in [2.45, 2.75) is 13.3 Å². The predicted molar refractivity (Wildman–Crippen MR) is 65.8 cm³/mol. The summed E-state index contributed by atoms with van der Waals surface area (Å²) in [4.78, 5) is 11.8. The molecule has 3 nitrogen and oxygen atoms in total. The third kappa shape index (κ3) is 1.84. The summed E-state index contributed by atoms with van der Waals surface area (Å²) < 4.78 is 1.55. The van der Waals surface area contributed by atoms with Crippen molar-refractivity contribution in [2.24, 2.45) is 0 Å². The molecule has 0 aliphatic carbocycles. The Morgan fingerprint density at radius 2 is 1.88 bits per heavy atom. The summed E-state index contributed by atoms with van der Waals surface area (Å²) in [7, 11) is 0. The fraction of sp³-hybridized carbons (Fsp3) is 0.154. The van der Waals surface area contributed by atoms with E-state index in [1.807, 2.05) is 24.3 Å². The molecule has 0 aliphatic rings. The summed E-state index contributed by atoms with van der Waals surface area (Å²) in [5.74, 6) is 0. The topological polar surface area (TPSA) is 48.0 Å². The van der Waals surface area contributed by atoms with E-state index < -0.39 is 0 Å². The molecule has 0 saturated heterocycles. The molecule has 82 valence electrons. The summed E-state index contributed by atoms with van der Waals surface area (Å²) in [5, 5.41) is 0. The Morgan fingerprint density at radius 1 is 1.19 bits per heavy atom. The first-order valence-corrected chi connectivity index (χ1v) is 5.29. The van der Waals surface area contributed by atoms with Crippen molar-refractivity contribution in [3.05, 3.63) is 58.5 Å². The number of aryl methyl sites for hydroxylation is 1. The van der Waals surface area contributed by atoms with Crippen molar-refractivity contribution in [1.82, 2.24) is 4.57 Å². The van der Waals surface area contributed by atoms with Crippen LogP contribution in [0.2, 0.25) is 0 Å². The normalized spacial score (nSPS) is 10.3. The van der Waals surface area contributed by atoms with Gasteiger partial charge in [-0.25, -0.2) is 0 Å². The maximum atomic E-state index is 11.8. The number of nitrogens with two attached hydrogens (primary N) is 1. The minimum atomic E-state index is -0.174. The van der Waals surface area contributed by atoms with Crippen molar-refractivity contribution >= 4 is 5.69 Å². The molecular weight excluding hydrogens is 200 g/mol. The van der Waals surface area contributed by atoms with Gasteiger partial charge in [-0.15, -0.1) is 0 Å². The quantitative estimate of drug-likeness (QED) is 0.831. The van der Waals surface area contributed by atoms with Crippen LogP contribution in [0.3, 0.4) is 0 Å². The molecule has 0 spiro atoms. The molecule has 0 saturated carbocycles. The standard InChI is InChI=1S/C13H14N2O/c1-2-10-5-7-11(8-6-10)15-9-3-4-12(14)13(15)16/h3-9H,2,14H2,1H3. The maximum Gasteiger partial charge on any atom is 0.278 e. The molecule has 0 radical (unpaired) electrons. The average Bonchev–Trinajstić information content (AvgIpc) is 2.33. The van der Waals surface area contributed by atoms with E-state index in [4.69, 9.17) is 5.73 Å². The lowest BCUT2D eigenvalue weighted by molar-refractivity contribution is 0.990. The number of aromatic nitrogens is 1. The van der Waals surface area contributed by atoms with Crippen LogP contribution in [0.1, 0.15) is 12.5 Å². The summed E-state index contributed by atoms with van der Waals surface area (Å²) in [6.07, 6.45) is 2.71. The van der Waals surface area contributed by atoms with Gasteiger partial charge in [0.2, 0.25) is 0 Å². The van der Waals surface area contributed by atoms with Gasteiger partial charge < -0.3 is 5.73 Å². The molecule has 0 aliphatic heterocycles. The Labute approximate surface area is 94.1 Å². The summed E-state index contributed by atoms with van der Waals surface area (Å²) in [6.45, 7) is 2.10. The van der Waals surface area contributed by atoms with Crippen LogP contribution in [-0.4, -0.2) is 4.57 Å². The van der Waals surface area contributed by atoms with Crippen molar-refractivity contribution in [3.63, 3.8) is 0 Å². The SMILES string of the molecule is CCc1ccc(-n2cccc(N)c2=O)cc1. The van der Waals surface area contributed by atoms with Gasteiger partial charge in [0, 0.05) is 11.9 Å². The van der Waals surface area contributed by atoms with E-state index in [1.54, 1.807) is 22.9 Å². The van der Waals surface area contributed by atoms with Gasteiger partial charge in [-0.1, -0.05) is 19.1 Å². The Balaban J connectivity index is 2.51. The van der Waals surface area contributed by atoms with E-state index in [-0.39, 0.29) is 11.2 Å². The summed E-state index contributed by atoms with van der Waals surface area (Å²) >= 11 is 0. The van der Waals surface area contributed by atoms with Gasteiger partial charge in [-0.3, -0.25) is 9.36 Å². The highest BCUT2D eigenvalue weighted by molar-refractivity contribution is 5.41. The van der Waals surface area contributed by atoms with Crippen LogP contribution < -0.4 is 11.3 Å². The third-order valence-corrected chi connectivity index (χ3v) is 2.60. The molecule has 2 aromatic rings. The van der Waals surface area contributed by atoms with Crippen LogP contribution in [0.25, 0.3) is 5.69 Å². The molecule has 16 heavy (non-hydrogen) atoms. The van der Waals surface area contributed by atoms with Crippen LogP contribution >= 0.6 is 0 Å². The number of hydrogen-bond donors (Lipinski definition) is 1. The highest BCUT2D eigenvalue weighted by Gasteiger charge is 2.01. The second-order valence-corrected chi connectivity index (χ2v) is 3.66. The fourth-order valence-electron chi connectivity index (χ4n) is 1.61. The Bertz CT molecular complexity index is 541. The molecule has 0 atom stereocenters. The first-order chi connectivity index (χ1) is 7.72. The summed E-state index contributed by atoms with van der Waals surface area (Å²) in [6, 6.07) is 11.3. The highest BCUT2D eigenvalue weighted by atomic mass is 16.1. The number of nitrogen functional groups attached to an aromatic ring is 1. The van der Waals surface area contributed by atoms with E-state index in [0.29, 0.717) is 0 Å². The first-order valence-electron chi connectivity index (χ1n) is 5.29. The lowest BCUT2D eigenvalue weighted by atomic mass is 10.1. The van der Waals surface area contributed by atoms with Crippen LogP contribution in [0.4, 0.5) is 5.69 Å². The van der Waals surface area contributed by atoms with Gasteiger partial charge >= 0.3 is 0 Å². The van der Waals surface area contributed by atoms with Crippen molar-refractivity contribution in [3.8, 4) is 5.69 Å². The van der Waals surface area contributed by atoms with Crippen molar-refractivity contribution in [1.29, 1.82) is 0 Å². The molecule has 3 heteroatoms. The number of pyridine rings is 1. The Hall–Kier alpha value is -2.03. The van der Waals surface area contributed by atoms with Gasteiger partial charge in [0.25, 0.3) is 5.56 Å². The van der Waals surface area contributed by atoms with Crippen molar-refractivity contribution in [2.75, 3.05) is 5.73 Å². The minimum absolute atomic E-state index is 0.174. The molecule has 0 amide bonds. The van der Waals surface area contributed by atoms with Gasteiger partial charge in [-0.05, 0) is 36.2 Å². The zero-order valence-electron chi connectivity index (χ0n) is 9.18. The predicted octanol–water partition coefficient (Wildman–Crippen LogP) is 1.98. The van der Waals surface area contributed by atoms with E-state index in [2.05, 4.69) is 6.92 Å². The second kappa shape index (κ2) is 4.23. The number of anilines is 1. The fourth-order valence-corrected chi connectivity index (χ4v) is 1.61. The molecular formula is C13H14N2O. The molecule has 2 rings (SSSR count). The molecule has 1 aromatic carbocycles. The smallest absolute Gasteiger partial charge is 0.278 e. The van der Waals surface area contributed by atoms with E-state index >= 15 is 0 Å². The molecule has 0 bridgehead atoms. The molecule has 1 aromatic heterocycles. The number of rotatable bonds is 2.